The van der Waals surface area contributed by atoms with E-state index < -0.39 is 5.60 Å². The summed E-state index contributed by atoms with van der Waals surface area (Å²) in [7, 11) is 0. The van der Waals surface area contributed by atoms with Crippen LogP contribution >= 0.6 is 0 Å². The molecule has 1 saturated carbocycles. The number of imide groups is 1. The zero-order chi connectivity index (χ0) is 14.9. The first kappa shape index (κ1) is 14.3. The highest BCUT2D eigenvalue weighted by Crippen LogP contribution is 2.30. The third-order valence-corrected chi connectivity index (χ3v) is 4.62. The molecule has 0 spiro atoms. The van der Waals surface area contributed by atoms with Gasteiger partial charge in [-0.25, -0.2) is 0 Å². The van der Waals surface area contributed by atoms with Crippen molar-refractivity contribution in [3.63, 3.8) is 0 Å². The summed E-state index contributed by atoms with van der Waals surface area (Å²) in [6.07, 6.45) is 5.75. The van der Waals surface area contributed by atoms with Crippen molar-refractivity contribution in [1.82, 2.24) is 4.90 Å². The molecule has 0 unspecified atom stereocenters. The molecule has 4 heteroatoms. The van der Waals surface area contributed by atoms with Gasteiger partial charge in [-0.05, 0) is 24.5 Å². The molecule has 1 N–H and O–H groups in total. The molecule has 1 heterocycles. The summed E-state index contributed by atoms with van der Waals surface area (Å²) in [5.74, 6) is -0.462. The molecule has 0 saturated heterocycles. The number of carbonyl (C=O) groups excluding carboxylic acids is 2. The standard InChI is InChI=1S/C17H21NO3/c19-15-11-13-7-3-4-8-14(13)16(20)18(15)12-17(21)9-5-1-2-6-10-17/h3-4,7-8,21H,1-2,5-6,9-12H2. The van der Waals surface area contributed by atoms with E-state index in [0.717, 1.165) is 31.2 Å². The molecule has 112 valence electrons. The molecule has 4 nitrogen and oxygen atoms in total. The lowest BCUT2D eigenvalue weighted by Crippen LogP contribution is -2.50. The lowest BCUT2D eigenvalue weighted by molar-refractivity contribution is -0.131. The predicted molar refractivity (Wildman–Crippen MR) is 78.8 cm³/mol. The second kappa shape index (κ2) is 5.60. The number of carbonyl (C=O) groups is 2. The number of aliphatic hydroxyl groups is 1. The Morgan fingerprint density at radius 1 is 1.05 bits per heavy atom. The minimum atomic E-state index is -0.909. The van der Waals surface area contributed by atoms with Crippen LogP contribution in [-0.2, 0) is 11.2 Å². The Labute approximate surface area is 124 Å². The zero-order valence-electron chi connectivity index (χ0n) is 12.2. The second-order valence-electron chi connectivity index (χ2n) is 6.26. The zero-order valence-corrected chi connectivity index (χ0v) is 12.2. The van der Waals surface area contributed by atoms with E-state index in [1.807, 2.05) is 18.2 Å². The number of fused-ring (bicyclic) bond motifs is 1. The van der Waals surface area contributed by atoms with Crippen LogP contribution < -0.4 is 0 Å². The van der Waals surface area contributed by atoms with Crippen molar-refractivity contribution >= 4 is 11.8 Å². The van der Waals surface area contributed by atoms with Crippen molar-refractivity contribution in [3.05, 3.63) is 35.4 Å². The second-order valence-corrected chi connectivity index (χ2v) is 6.26. The van der Waals surface area contributed by atoms with Gasteiger partial charge in [0.25, 0.3) is 5.91 Å². The Balaban J connectivity index is 1.82. The van der Waals surface area contributed by atoms with Crippen molar-refractivity contribution in [1.29, 1.82) is 0 Å². The van der Waals surface area contributed by atoms with Crippen molar-refractivity contribution in [3.8, 4) is 0 Å². The minimum absolute atomic E-state index is 0.138. The van der Waals surface area contributed by atoms with Gasteiger partial charge in [-0.2, -0.15) is 0 Å². The number of amides is 2. The Hall–Kier alpha value is -1.68. The molecule has 2 amide bonds. The van der Waals surface area contributed by atoms with Crippen molar-refractivity contribution < 1.29 is 14.7 Å². The minimum Gasteiger partial charge on any atom is -0.388 e. The lowest BCUT2D eigenvalue weighted by Gasteiger charge is -2.35. The SMILES string of the molecule is O=C1Cc2ccccc2C(=O)N1CC1(O)CCCCCC1. The largest absolute Gasteiger partial charge is 0.388 e. The maximum atomic E-state index is 12.5. The number of rotatable bonds is 2. The lowest BCUT2D eigenvalue weighted by atomic mass is 9.91. The fourth-order valence-corrected chi connectivity index (χ4v) is 3.40. The van der Waals surface area contributed by atoms with Crippen molar-refractivity contribution in [2.75, 3.05) is 6.54 Å². The molecular weight excluding hydrogens is 266 g/mol. The normalized spacial score (nSPS) is 21.9. The van der Waals surface area contributed by atoms with Gasteiger partial charge in [0.1, 0.15) is 0 Å². The van der Waals surface area contributed by atoms with Gasteiger partial charge in [-0.3, -0.25) is 14.5 Å². The van der Waals surface area contributed by atoms with Gasteiger partial charge >= 0.3 is 0 Å². The molecule has 21 heavy (non-hydrogen) atoms. The Kier molecular flexibility index (Phi) is 3.81. The average molecular weight is 287 g/mol. The number of benzene rings is 1. The topological polar surface area (TPSA) is 57.6 Å². The fraction of sp³-hybridized carbons (Fsp3) is 0.529. The first-order chi connectivity index (χ1) is 10.1. The summed E-state index contributed by atoms with van der Waals surface area (Å²) in [5, 5.41) is 10.7. The van der Waals surface area contributed by atoms with Gasteiger partial charge in [-0.1, -0.05) is 43.9 Å². The third kappa shape index (κ3) is 2.86. The van der Waals surface area contributed by atoms with Crippen LogP contribution in [0.3, 0.4) is 0 Å². The maximum Gasteiger partial charge on any atom is 0.260 e. The highest BCUT2D eigenvalue weighted by molar-refractivity contribution is 6.09. The summed E-state index contributed by atoms with van der Waals surface area (Å²) in [5.41, 5.74) is 0.472. The Morgan fingerprint density at radius 2 is 1.71 bits per heavy atom. The van der Waals surface area contributed by atoms with E-state index in [2.05, 4.69) is 0 Å². The van der Waals surface area contributed by atoms with E-state index in [0.29, 0.717) is 18.4 Å². The van der Waals surface area contributed by atoms with E-state index in [1.165, 1.54) is 4.90 Å². The summed E-state index contributed by atoms with van der Waals surface area (Å²) in [6.45, 7) is 0.138. The van der Waals surface area contributed by atoms with Gasteiger partial charge in [0, 0.05) is 5.56 Å². The van der Waals surface area contributed by atoms with Crippen LogP contribution in [0.15, 0.2) is 24.3 Å². The Bertz CT molecular complexity index is 559. The van der Waals surface area contributed by atoms with Crippen LogP contribution in [0.5, 0.6) is 0 Å². The fourth-order valence-electron chi connectivity index (χ4n) is 3.40. The van der Waals surface area contributed by atoms with E-state index in [9.17, 15) is 14.7 Å². The molecular formula is C17H21NO3. The average Bonchev–Trinajstić information content (AvgIpc) is 2.69. The van der Waals surface area contributed by atoms with E-state index in [4.69, 9.17) is 0 Å². The van der Waals surface area contributed by atoms with Crippen LogP contribution in [0.2, 0.25) is 0 Å². The van der Waals surface area contributed by atoms with Gasteiger partial charge in [0.2, 0.25) is 5.91 Å². The van der Waals surface area contributed by atoms with E-state index >= 15 is 0 Å². The van der Waals surface area contributed by atoms with E-state index in [1.54, 1.807) is 6.07 Å². The molecule has 1 fully saturated rings. The molecule has 1 aromatic rings. The van der Waals surface area contributed by atoms with Crippen LogP contribution in [0.1, 0.15) is 54.4 Å². The maximum absolute atomic E-state index is 12.5. The van der Waals surface area contributed by atoms with Crippen molar-refractivity contribution in [2.45, 2.75) is 50.5 Å². The molecule has 1 aliphatic heterocycles. The highest BCUT2D eigenvalue weighted by atomic mass is 16.3. The molecule has 0 bridgehead atoms. The molecule has 0 radical (unpaired) electrons. The predicted octanol–water partition coefficient (Wildman–Crippen LogP) is 2.30. The summed E-state index contributed by atoms with van der Waals surface area (Å²) >= 11 is 0. The molecule has 0 aromatic heterocycles. The molecule has 3 rings (SSSR count). The number of hydrogen-bond donors (Lipinski definition) is 1. The van der Waals surface area contributed by atoms with Crippen LogP contribution in [0, 0.1) is 0 Å². The molecule has 1 aromatic carbocycles. The number of hydrogen-bond acceptors (Lipinski definition) is 3. The smallest absolute Gasteiger partial charge is 0.260 e. The first-order valence-electron chi connectivity index (χ1n) is 7.74. The van der Waals surface area contributed by atoms with Crippen LogP contribution in [0.25, 0.3) is 0 Å². The molecule has 1 aliphatic carbocycles. The summed E-state index contributed by atoms with van der Waals surface area (Å²) in [6, 6.07) is 7.23. The quantitative estimate of drug-likeness (QED) is 0.670. The molecule has 2 aliphatic rings. The van der Waals surface area contributed by atoms with Crippen LogP contribution in [0.4, 0.5) is 0 Å². The first-order valence-corrected chi connectivity index (χ1v) is 7.74. The van der Waals surface area contributed by atoms with Gasteiger partial charge in [0.05, 0.1) is 18.6 Å². The summed E-state index contributed by atoms with van der Waals surface area (Å²) in [4.78, 5) is 26.0. The van der Waals surface area contributed by atoms with Crippen molar-refractivity contribution in [2.24, 2.45) is 0 Å². The van der Waals surface area contributed by atoms with Crippen LogP contribution in [-0.4, -0.2) is 34.0 Å². The monoisotopic (exact) mass is 287 g/mol. The summed E-state index contributed by atoms with van der Waals surface area (Å²) < 4.78 is 0. The van der Waals surface area contributed by atoms with Gasteiger partial charge in [0.15, 0.2) is 0 Å². The van der Waals surface area contributed by atoms with Gasteiger partial charge in [-0.15, -0.1) is 0 Å². The van der Waals surface area contributed by atoms with E-state index in [-0.39, 0.29) is 24.8 Å². The molecule has 0 atom stereocenters. The highest BCUT2D eigenvalue weighted by Gasteiger charge is 2.37. The third-order valence-electron chi connectivity index (χ3n) is 4.62. The van der Waals surface area contributed by atoms with Gasteiger partial charge < -0.3 is 5.11 Å². The number of β-amino-alcohol motifs (C(OH)–C–C–N with tert-alkyl or cyclic N) is 1. The Morgan fingerprint density at radius 3 is 2.43 bits per heavy atom. The number of nitrogens with zero attached hydrogens (tertiary/aromatic N) is 1.